The van der Waals surface area contributed by atoms with E-state index in [1.807, 2.05) is 20.8 Å². The van der Waals surface area contributed by atoms with E-state index in [4.69, 9.17) is 4.74 Å². The third-order valence-electron chi connectivity index (χ3n) is 2.18. The summed E-state index contributed by atoms with van der Waals surface area (Å²) in [5.74, 6) is -0.0558. The molecule has 0 saturated heterocycles. The van der Waals surface area contributed by atoms with Crippen molar-refractivity contribution >= 4 is 28.6 Å². The van der Waals surface area contributed by atoms with Crippen LogP contribution in [0.25, 0.3) is 0 Å². The molecular weight excluding hydrogens is 315 g/mol. The van der Waals surface area contributed by atoms with Gasteiger partial charge in [0.25, 0.3) is 0 Å². The van der Waals surface area contributed by atoms with Crippen LogP contribution < -0.4 is 0 Å². The zero-order valence-electron chi connectivity index (χ0n) is 10.9. The molecule has 2 nitrogen and oxygen atoms in total. The zero-order valence-corrected chi connectivity index (χ0v) is 13.0. The lowest BCUT2D eigenvalue weighted by Gasteiger charge is -2.19. The van der Waals surface area contributed by atoms with Crippen LogP contribution in [0.2, 0.25) is 0 Å². The SMILES string of the molecule is CC(C)(C)OC(=O)CCCCCCCCI. The predicted molar refractivity (Wildman–Crippen MR) is 77.1 cm³/mol. The summed E-state index contributed by atoms with van der Waals surface area (Å²) in [4.78, 5) is 11.4. The molecule has 0 spiro atoms. The summed E-state index contributed by atoms with van der Waals surface area (Å²) in [7, 11) is 0. The van der Waals surface area contributed by atoms with Gasteiger partial charge in [0, 0.05) is 6.42 Å². The molecule has 96 valence electrons. The maximum Gasteiger partial charge on any atom is 0.306 e. The number of carbonyl (C=O) groups is 1. The Morgan fingerprint density at radius 2 is 1.50 bits per heavy atom. The Kier molecular flexibility index (Phi) is 9.37. The number of hydrogen-bond acceptors (Lipinski definition) is 2. The van der Waals surface area contributed by atoms with Crippen LogP contribution in [-0.2, 0) is 9.53 Å². The van der Waals surface area contributed by atoms with Crippen molar-refractivity contribution in [2.24, 2.45) is 0 Å². The molecule has 0 aliphatic heterocycles. The van der Waals surface area contributed by atoms with Gasteiger partial charge in [-0.1, -0.05) is 48.3 Å². The van der Waals surface area contributed by atoms with Crippen molar-refractivity contribution in [2.45, 2.75) is 71.3 Å². The molecule has 16 heavy (non-hydrogen) atoms. The molecule has 0 N–H and O–H groups in total. The quantitative estimate of drug-likeness (QED) is 0.282. The van der Waals surface area contributed by atoms with Gasteiger partial charge in [0.05, 0.1) is 0 Å². The van der Waals surface area contributed by atoms with Crippen LogP contribution >= 0.6 is 22.6 Å². The van der Waals surface area contributed by atoms with E-state index in [2.05, 4.69) is 22.6 Å². The number of carbonyl (C=O) groups excluding carboxylic acids is 1. The fourth-order valence-electron chi connectivity index (χ4n) is 1.46. The lowest BCUT2D eigenvalue weighted by molar-refractivity contribution is -0.154. The van der Waals surface area contributed by atoms with Gasteiger partial charge in [-0.25, -0.2) is 0 Å². The fourth-order valence-corrected chi connectivity index (χ4v) is 2.00. The Balaban J connectivity index is 3.28. The second kappa shape index (κ2) is 9.25. The first-order chi connectivity index (χ1) is 7.45. The van der Waals surface area contributed by atoms with Gasteiger partial charge in [-0.2, -0.15) is 0 Å². The van der Waals surface area contributed by atoms with Crippen LogP contribution in [0, 0.1) is 0 Å². The van der Waals surface area contributed by atoms with Crippen molar-refractivity contribution in [3.8, 4) is 0 Å². The Hall–Kier alpha value is 0.200. The molecule has 0 aromatic rings. The minimum absolute atomic E-state index is 0.0558. The van der Waals surface area contributed by atoms with E-state index in [-0.39, 0.29) is 11.6 Å². The monoisotopic (exact) mass is 340 g/mol. The van der Waals surface area contributed by atoms with Gasteiger partial charge < -0.3 is 4.74 Å². The smallest absolute Gasteiger partial charge is 0.306 e. The number of hydrogen-bond donors (Lipinski definition) is 0. The molecule has 0 fully saturated rings. The minimum atomic E-state index is -0.336. The number of alkyl halides is 1. The lowest BCUT2D eigenvalue weighted by atomic mass is 10.1. The molecule has 0 rings (SSSR count). The molecule has 0 aliphatic carbocycles. The third-order valence-corrected chi connectivity index (χ3v) is 2.95. The first-order valence-electron chi connectivity index (χ1n) is 6.23. The highest BCUT2D eigenvalue weighted by molar-refractivity contribution is 14.1. The highest BCUT2D eigenvalue weighted by Gasteiger charge is 2.15. The van der Waals surface area contributed by atoms with Crippen LogP contribution in [0.5, 0.6) is 0 Å². The largest absolute Gasteiger partial charge is 0.460 e. The Morgan fingerprint density at radius 1 is 1.00 bits per heavy atom. The molecule has 0 atom stereocenters. The Bertz CT molecular complexity index is 185. The summed E-state index contributed by atoms with van der Waals surface area (Å²) in [6.45, 7) is 5.73. The zero-order chi connectivity index (χ0) is 12.4. The number of ether oxygens (including phenoxy) is 1. The highest BCUT2D eigenvalue weighted by Crippen LogP contribution is 2.12. The fraction of sp³-hybridized carbons (Fsp3) is 0.923. The van der Waals surface area contributed by atoms with Crippen molar-refractivity contribution in [3.05, 3.63) is 0 Å². The average molecular weight is 340 g/mol. The number of halogens is 1. The molecule has 0 amide bonds. The Labute approximate surface area is 114 Å². The molecule has 0 unspecified atom stereocenters. The van der Waals surface area contributed by atoms with Crippen LogP contribution in [-0.4, -0.2) is 16.0 Å². The normalized spacial score (nSPS) is 11.5. The van der Waals surface area contributed by atoms with Gasteiger partial charge in [0.15, 0.2) is 0 Å². The summed E-state index contributed by atoms with van der Waals surface area (Å²) in [5.41, 5.74) is -0.336. The van der Waals surface area contributed by atoms with Crippen molar-refractivity contribution < 1.29 is 9.53 Å². The number of unbranched alkanes of at least 4 members (excludes halogenated alkanes) is 5. The molecule has 0 bridgehead atoms. The van der Waals surface area contributed by atoms with Gasteiger partial charge >= 0.3 is 5.97 Å². The maximum absolute atomic E-state index is 11.4. The molecule has 0 saturated carbocycles. The second-order valence-corrected chi connectivity index (χ2v) is 6.23. The van der Waals surface area contributed by atoms with Gasteiger partial charge in [-0.15, -0.1) is 0 Å². The second-order valence-electron chi connectivity index (χ2n) is 5.15. The average Bonchev–Trinajstić information content (AvgIpc) is 2.13. The number of rotatable bonds is 8. The number of esters is 1. The van der Waals surface area contributed by atoms with Crippen LogP contribution in [0.15, 0.2) is 0 Å². The van der Waals surface area contributed by atoms with E-state index in [9.17, 15) is 4.79 Å². The van der Waals surface area contributed by atoms with Gasteiger partial charge in [0.2, 0.25) is 0 Å². The van der Waals surface area contributed by atoms with E-state index >= 15 is 0 Å². The molecule has 0 radical (unpaired) electrons. The Morgan fingerprint density at radius 3 is 2.00 bits per heavy atom. The standard InChI is InChI=1S/C13H25IO2/c1-13(2,3)16-12(15)10-8-6-4-5-7-9-11-14/h4-11H2,1-3H3. The van der Waals surface area contributed by atoms with E-state index < -0.39 is 0 Å². The summed E-state index contributed by atoms with van der Waals surface area (Å²) in [5, 5.41) is 0. The first-order valence-corrected chi connectivity index (χ1v) is 7.76. The van der Waals surface area contributed by atoms with E-state index in [1.54, 1.807) is 0 Å². The van der Waals surface area contributed by atoms with E-state index in [0.717, 1.165) is 12.8 Å². The van der Waals surface area contributed by atoms with Crippen molar-refractivity contribution in [3.63, 3.8) is 0 Å². The van der Waals surface area contributed by atoms with Gasteiger partial charge in [-0.3, -0.25) is 4.79 Å². The molecule has 0 aromatic heterocycles. The molecule has 0 aromatic carbocycles. The van der Waals surface area contributed by atoms with Crippen molar-refractivity contribution in [2.75, 3.05) is 4.43 Å². The van der Waals surface area contributed by atoms with Gasteiger partial charge in [-0.05, 0) is 38.0 Å². The molecular formula is C13H25IO2. The summed E-state index contributed by atoms with van der Waals surface area (Å²) in [6, 6.07) is 0. The van der Waals surface area contributed by atoms with Gasteiger partial charge in [0.1, 0.15) is 5.60 Å². The molecule has 0 aliphatic rings. The third kappa shape index (κ3) is 12.3. The molecule has 3 heteroatoms. The van der Waals surface area contributed by atoms with E-state index in [1.165, 1.54) is 30.1 Å². The van der Waals surface area contributed by atoms with Crippen LogP contribution in [0.4, 0.5) is 0 Å². The van der Waals surface area contributed by atoms with Crippen molar-refractivity contribution in [1.82, 2.24) is 0 Å². The maximum atomic E-state index is 11.4. The van der Waals surface area contributed by atoms with Crippen LogP contribution in [0.3, 0.4) is 0 Å². The summed E-state index contributed by atoms with van der Waals surface area (Å²) >= 11 is 2.42. The minimum Gasteiger partial charge on any atom is -0.460 e. The highest BCUT2D eigenvalue weighted by atomic mass is 127. The van der Waals surface area contributed by atoms with E-state index in [0.29, 0.717) is 6.42 Å². The lowest BCUT2D eigenvalue weighted by Crippen LogP contribution is -2.23. The molecule has 0 heterocycles. The predicted octanol–water partition coefficient (Wildman–Crippen LogP) is 4.49. The first kappa shape index (κ1) is 16.2. The van der Waals surface area contributed by atoms with Crippen molar-refractivity contribution in [1.29, 1.82) is 0 Å². The van der Waals surface area contributed by atoms with Crippen LogP contribution in [0.1, 0.15) is 65.7 Å². The topological polar surface area (TPSA) is 26.3 Å². The summed E-state index contributed by atoms with van der Waals surface area (Å²) in [6.07, 6.45) is 7.90. The summed E-state index contributed by atoms with van der Waals surface area (Å²) < 4.78 is 6.50.